The van der Waals surface area contributed by atoms with Gasteiger partial charge in [0.1, 0.15) is 40.2 Å². The summed E-state index contributed by atoms with van der Waals surface area (Å²) in [5.74, 6) is 4.36. The van der Waals surface area contributed by atoms with Crippen LogP contribution in [-0.2, 0) is 19.8 Å². The van der Waals surface area contributed by atoms with E-state index in [-0.39, 0.29) is 23.1 Å². The molecule has 61 heavy (non-hydrogen) atoms. The fraction of sp³-hybridized carbons (Fsp3) is 0.100. The minimum Gasteiger partial charge on any atom is -0.497 e. The first-order chi connectivity index (χ1) is 29.3. The number of methoxy groups -OCH3 is 1. The van der Waals surface area contributed by atoms with Crippen LogP contribution in [0.1, 0.15) is 26.3 Å². The van der Waals surface area contributed by atoms with Crippen molar-refractivity contribution in [2.45, 2.75) is 26.2 Å². The lowest BCUT2D eigenvalue weighted by atomic mass is 9.87. The van der Waals surface area contributed by atoms with E-state index in [2.05, 4.69) is 68.6 Å². The Balaban J connectivity index is 0.000000202. The largest absolute Gasteiger partial charge is 0.497 e. The van der Waals surface area contributed by atoms with Crippen LogP contribution in [0.5, 0.6) is 40.2 Å². The summed E-state index contributed by atoms with van der Waals surface area (Å²) in [5.41, 5.74) is 3.48. The number of carbonyl (C=O) groups excluding carboxylic acids is 3. The van der Waals surface area contributed by atoms with Gasteiger partial charge in [-0.15, -0.1) is 0 Å². The van der Waals surface area contributed by atoms with Crippen LogP contribution in [0, 0.1) is 0 Å². The van der Waals surface area contributed by atoms with Gasteiger partial charge < -0.3 is 34.9 Å². The first kappa shape index (κ1) is 46.1. The molecule has 3 amide bonds. The van der Waals surface area contributed by atoms with Crippen molar-refractivity contribution in [1.82, 2.24) is 0 Å². The van der Waals surface area contributed by atoms with E-state index in [0.717, 1.165) is 17.2 Å². The maximum atomic E-state index is 11.2. The molecule has 0 bridgehead atoms. The number of hydrogen-bond donors (Lipinski definition) is 3. The molecule has 0 aliphatic heterocycles. The molecule has 0 unspecified atom stereocenters. The van der Waals surface area contributed by atoms with Crippen LogP contribution in [0.15, 0.2) is 184 Å². The number of carbonyl (C=O) groups is 3. The summed E-state index contributed by atoms with van der Waals surface area (Å²) in [7, 11) is 1.62. The summed E-state index contributed by atoms with van der Waals surface area (Å²) in [6.07, 6.45) is 3.68. The molecule has 0 aliphatic carbocycles. The molecule has 312 valence electrons. The molecule has 0 saturated heterocycles. The smallest absolute Gasteiger partial charge is 0.247 e. The summed E-state index contributed by atoms with van der Waals surface area (Å²) in [6, 6.07) is 43.8. The van der Waals surface area contributed by atoms with Gasteiger partial charge >= 0.3 is 0 Å². The monoisotopic (exact) mass is 837 g/mol. The lowest BCUT2D eigenvalue weighted by Crippen LogP contribution is -2.10. The zero-order valence-corrected chi connectivity index (χ0v) is 35.2. The fourth-order valence-corrected chi connectivity index (χ4v) is 5.10. The van der Waals surface area contributed by atoms with E-state index in [1.54, 1.807) is 92.0 Å². The highest BCUT2D eigenvalue weighted by molar-refractivity contribution is 6.30. The van der Waals surface area contributed by atoms with E-state index in [0.29, 0.717) is 45.1 Å². The number of amides is 3. The second-order valence-corrected chi connectivity index (χ2v) is 14.3. The normalized spacial score (nSPS) is 10.1. The predicted molar refractivity (Wildman–Crippen MR) is 246 cm³/mol. The number of anilines is 3. The molecule has 0 fully saturated rings. The molecule has 0 aromatic heterocycles. The molecule has 0 radical (unpaired) electrons. The lowest BCUT2D eigenvalue weighted by Gasteiger charge is -2.19. The van der Waals surface area contributed by atoms with Crippen LogP contribution in [0.4, 0.5) is 17.1 Å². The van der Waals surface area contributed by atoms with Gasteiger partial charge in [-0.2, -0.15) is 0 Å². The highest BCUT2D eigenvalue weighted by Gasteiger charge is 2.13. The zero-order valence-electron chi connectivity index (χ0n) is 34.4. The Morgan fingerprint density at radius 1 is 0.443 bits per heavy atom. The van der Waals surface area contributed by atoms with Crippen LogP contribution in [0.2, 0.25) is 5.02 Å². The zero-order chi connectivity index (χ0) is 44.2. The van der Waals surface area contributed by atoms with Gasteiger partial charge in [0.2, 0.25) is 17.7 Å². The Hall–Kier alpha value is -7.56. The maximum Gasteiger partial charge on any atom is 0.247 e. The number of halogens is 1. The van der Waals surface area contributed by atoms with Gasteiger partial charge in [-0.3, -0.25) is 14.4 Å². The minimum absolute atomic E-state index is 0.129. The highest BCUT2D eigenvalue weighted by atomic mass is 35.5. The first-order valence-electron chi connectivity index (χ1n) is 18.9. The van der Waals surface area contributed by atoms with Gasteiger partial charge in [-0.05, 0) is 163 Å². The first-order valence-corrected chi connectivity index (χ1v) is 19.3. The number of benzene rings is 6. The van der Waals surface area contributed by atoms with Gasteiger partial charge in [0.05, 0.1) is 7.11 Å². The van der Waals surface area contributed by atoms with Crippen molar-refractivity contribution in [1.29, 1.82) is 0 Å². The summed E-state index contributed by atoms with van der Waals surface area (Å²) in [6.45, 7) is 16.7. The highest BCUT2D eigenvalue weighted by Crippen LogP contribution is 2.29. The fourth-order valence-electron chi connectivity index (χ4n) is 4.98. The van der Waals surface area contributed by atoms with Crippen LogP contribution in [0.3, 0.4) is 0 Å². The van der Waals surface area contributed by atoms with Crippen molar-refractivity contribution in [3.05, 3.63) is 194 Å². The second-order valence-electron chi connectivity index (χ2n) is 13.9. The minimum atomic E-state index is -0.244. The van der Waals surface area contributed by atoms with Crippen molar-refractivity contribution in [2.75, 3.05) is 23.1 Å². The molecule has 6 rings (SSSR count). The van der Waals surface area contributed by atoms with E-state index in [1.165, 1.54) is 23.8 Å². The number of rotatable bonds is 13. The van der Waals surface area contributed by atoms with Gasteiger partial charge in [0.15, 0.2) is 0 Å². The summed E-state index contributed by atoms with van der Waals surface area (Å²) >= 11 is 5.79. The topological polar surface area (TPSA) is 124 Å². The molecule has 0 heterocycles. The number of hydrogen-bond acceptors (Lipinski definition) is 7. The van der Waals surface area contributed by atoms with Crippen molar-refractivity contribution in [2.24, 2.45) is 0 Å². The SMILES string of the molecule is C=CC(=O)Nc1ccc(Oc2ccc(C(C)(C)C)cc2)cc1.C=CC(=O)Nc1ccc(Oc2ccc(Cl)cc2)cc1.C=CC(=O)Nc1ccc(Oc2ccc(OC)cc2)cc1. The van der Waals surface area contributed by atoms with Gasteiger partial charge in [0.25, 0.3) is 0 Å². The molecular weight excluding hydrogens is 790 g/mol. The lowest BCUT2D eigenvalue weighted by molar-refractivity contribution is -0.112. The molecule has 0 aliphatic rings. The van der Waals surface area contributed by atoms with Crippen LogP contribution < -0.4 is 34.9 Å². The Kier molecular flexibility index (Phi) is 17.5. The Bertz CT molecular complexity index is 2360. The van der Waals surface area contributed by atoms with Gasteiger partial charge in [0, 0.05) is 22.1 Å². The van der Waals surface area contributed by atoms with E-state index >= 15 is 0 Å². The van der Waals surface area contributed by atoms with E-state index in [1.807, 2.05) is 48.5 Å². The number of nitrogens with one attached hydrogen (secondary N) is 3. The predicted octanol–water partition coefficient (Wildman–Crippen LogP) is 12.8. The van der Waals surface area contributed by atoms with E-state index < -0.39 is 0 Å². The van der Waals surface area contributed by atoms with E-state index in [4.69, 9.17) is 30.5 Å². The molecule has 0 saturated carbocycles. The van der Waals surface area contributed by atoms with Crippen LogP contribution in [0.25, 0.3) is 0 Å². The average Bonchev–Trinajstić information content (AvgIpc) is 3.27. The Morgan fingerprint density at radius 3 is 0.951 bits per heavy atom. The second kappa shape index (κ2) is 23.1. The molecule has 0 spiro atoms. The third-order valence-electron chi connectivity index (χ3n) is 8.22. The van der Waals surface area contributed by atoms with E-state index in [9.17, 15) is 14.4 Å². The third kappa shape index (κ3) is 16.3. The Labute approximate surface area is 362 Å². The molecule has 6 aromatic rings. The molecule has 10 nitrogen and oxygen atoms in total. The van der Waals surface area contributed by atoms with Crippen LogP contribution >= 0.6 is 11.6 Å². The van der Waals surface area contributed by atoms with Gasteiger partial charge in [-0.1, -0.05) is 64.2 Å². The molecule has 0 atom stereocenters. The Morgan fingerprint density at radius 2 is 0.689 bits per heavy atom. The molecule has 6 aromatic carbocycles. The van der Waals surface area contributed by atoms with Crippen molar-refractivity contribution in [3.8, 4) is 40.2 Å². The molecule has 11 heteroatoms. The average molecular weight is 838 g/mol. The summed E-state index contributed by atoms with van der Waals surface area (Å²) < 4.78 is 22.2. The maximum absolute atomic E-state index is 11.2. The molecular formula is C50H48ClN3O7. The number of ether oxygens (including phenoxy) is 4. The van der Waals surface area contributed by atoms with Crippen LogP contribution in [-0.4, -0.2) is 24.8 Å². The van der Waals surface area contributed by atoms with Crippen molar-refractivity contribution < 1.29 is 33.3 Å². The van der Waals surface area contributed by atoms with Crippen molar-refractivity contribution >= 4 is 46.4 Å². The quantitative estimate of drug-likeness (QED) is 0.0989. The summed E-state index contributed by atoms with van der Waals surface area (Å²) in [5, 5.41) is 8.68. The third-order valence-corrected chi connectivity index (χ3v) is 8.47. The summed E-state index contributed by atoms with van der Waals surface area (Å²) in [4.78, 5) is 33.5. The molecule has 3 N–H and O–H groups in total. The van der Waals surface area contributed by atoms with Crippen molar-refractivity contribution in [3.63, 3.8) is 0 Å². The standard InChI is InChI=1S/C19H21NO2.C16H15NO3.C15H12ClNO2/c1-5-18(21)20-15-8-12-17(13-9-15)22-16-10-6-14(7-11-16)19(2,3)4;1-3-16(18)17-12-4-6-14(7-5-12)20-15-10-8-13(19-2)9-11-15;1-2-15(18)17-12-5-9-14(10-6-12)19-13-7-3-11(16)4-8-13/h5-13H,1H2,2-4H3,(H,20,21);3-11H,1H2,2H3,(H,17,18);2-10H,1H2,(H,17,18). The van der Waals surface area contributed by atoms with Gasteiger partial charge in [-0.25, -0.2) is 0 Å².